The molecule has 5 rings (SSSR count). The van der Waals surface area contributed by atoms with E-state index in [0.29, 0.717) is 12.1 Å². The second-order valence-corrected chi connectivity index (χ2v) is 8.37. The van der Waals surface area contributed by atoms with Crippen molar-refractivity contribution in [3.63, 3.8) is 0 Å². The van der Waals surface area contributed by atoms with Crippen molar-refractivity contribution in [2.24, 2.45) is 0 Å². The van der Waals surface area contributed by atoms with Gasteiger partial charge in [0.2, 0.25) is 5.91 Å². The molecule has 1 aromatic heterocycles. The highest BCUT2D eigenvalue weighted by Gasteiger charge is 2.32. The van der Waals surface area contributed by atoms with Crippen LogP contribution in [0.25, 0.3) is 5.69 Å². The molecule has 0 bridgehead atoms. The van der Waals surface area contributed by atoms with Gasteiger partial charge in [-0.3, -0.25) is 9.59 Å². The number of aromatic nitrogens is 2. The topological polar surface area (TPSA) is 76.0 Å². The molecule has 0 aliphatic heterocycles. The lowest BCUT2D eigenvalue weighted by Crippen LogP contribution is -2.48. The Morgan fingerprint density at radius 1 is 1.00 bits per heavy atom. The SMILES string of the molecule is O=C(NC(Cc1ccccc1)C(=O)NC1CC1)c1nn(-c2ccccc2)c2c1CCC2. The van der Waals surface area contributed by atoms with Gasteiger partial charge in [0.05, 0.1) is 5.69 Å². The number of carbonyl (C=O) groups is 2. The Kier molecular flexibility index (Phi) is 5.28. The summed E-state index contributed by atoms with van der Waals surface area (Å²) in [5, 5.41) is 10.7. The molecule has 31 heavy (non-hydrogen) atoms. The molecular weight excluding hydrogens is 388 g/mol. The summed E-state index contributed by atoms with van der Waals surface area (Å²) in [5.41, 5.74) is 4.50. The van der Waals surface area contributed by atoms with Gasteiger partial charge in [0.15, 0.2) is 5.69 Å². The van der Waals surface area contributed by atoms with Crippen molar-refractivity contribution in [1.29, 1.82) is 0 Å². The summed E-state index contributed by atoms with van der Waals surface area (Å²) in [6.45, 7) is 0. The van der Waals surface area contributed by atoms with E-state index in [1.54, 1.807) is 0 Å². The van der Waals surface area contributed by atoms with Crippen LogP contribution >= 0.6 is 0 Å². The Morgan fingerprint density at radius 2 is 1.71 bits per heavy atom. The van der Waals surface area contributed by atoms with Gasteiger partial charge in [0, 0.05) is 23.7 Å². The van der Waals surface area contributed by atoms with Crippen LogP contribution in [0.2, 0.25) is 0 Å². The maximum atomic E-state index is 13.3. The maximum Gasteiger partial charge on any atom is 0.272 e. The van der Waals surface area contributed by atoms with Crippen LogP contribution in [0.3, 0.4) is 0 Å². The lowest BCUT2D eigenvalue weighted by Gasteiger charge is -2.18. The van der Waals surface area contributed by atoms with Crippen molar-refractivity contribution >= 4 is 11.8 Å². The van der Waals surface area contributed by atoms with E-state index in [0.717, 1.165) is 54.6 Å². The Labute approximate surface area is 181 Å². The Balaban J connectivity index is 1.41. The highest BCUT2D eigenvalue weighted by Crippen LogP contribution is 2.28. The second kappa shape index (κ2) is 8.38. The zero-order valence-corrected chi connectivity index (χ0v) is 17.4. The average molecular weight is 415 g/mol. The van der Waals surface area contributed by atoms with Crippen LogP contribution in [-0.2, 0) is 24.1 Å². The van der Waals surface area contributed by atoms with Gasteiger partial charge >= 0.3 is 0 Å². The standard InChI is InChI=1S/C25H26N4O2/c30-24(26-18-14-15-18)21(16-17-8-3-1-4-9-17)27-25(31)23-20-12-7-13-22(20)29(28-23)19-10-5-2-6-11-19/h1-6,8-11,18,21H,7,12-16H2,(H,26,30)(H,27,31). The fourth-order valence-corrected chi connectivity index (χ4v) is 4.22. The van der Waals surface area contributed by atoms with Crippen LogP contribution in [0.15, 0.2) is 60.7 Å². The number of hydrogen-bond donors (Lipinski definition) is 2. The molecule has 1 fully saturated rings. The third-order valence-electron chi connectivity index (χ3n) is 5.97. The number of nitrogens with zero attached hydrogens (tertiary/aromatic N) is 2. The van der Waals surface area contributed by atoms with E-state index >= 15 is 0 Å². The third kappa shape index (κ3) is 4.24. The molecule has 1 atom stereocenters. The van der Waals surface area contributed by atoms with Crippen LogP contribution < -0.4 is 10.6 Å². The molecular formula is C25H26N4O2. The molecule has 158 valence electrons. The molecule has 6 heteroatoms. The first-order chi connectivity index (χ1) is 15.2. The van der Waals surface area contributed by atoms with Gasteiger partial charge in [0.25, 0.3) is 5.91 Å². The smallest absolute Gasteiger partial charge is 0.272 e. The predicted molar refractivity (Wildman–Crippen MR) is 118 cm³/mol. The number of hydrogen-bond acceptors (Lipinski definition) is 3. The van der Waals surface area contributed by atoms with E-state index in [1.807, 2.05) is 65.3 Å². The Bertz CT molecular complexity index is 1090. The number of carbonyl (C=O) groups excluding carboxylic acids is 2. The highest BCUT2D eigenvalue weighted by atomic mass is 16.2. The van der Waals surface area contributed by atoms with Crippen LogP contribution in [0.5, 0.6) is 0 Å². The zero-order valence-electron chi connectivity index (χ0n) is 17.4. The monoisotopic (exact) mass is 414 g/mol. The molecule has 0 radical (unpaired) electrons. The number of para-hydroxylation sites is 1. The van der Waals surface area contributed by atoms with Gasteiger partial charge in [0.1, 0.15) is 6.04 Å². The van der Waals surface area contributed by atoms with Gasteiger partial charge < -0.3 is 10.6 Å². The van der Waals surface area contributed by atoms with Gasteiger partial charge in [-0.05, 0) is 49.8 Å². The number of fused-ring (bicyclic) bond motifs is 1. The third-order valence-corrected chi connectivity index (χ3v) is 5.97. The lowest BCUT2D eigenvalue weighted by atomic mass is 10.0. The highest BCUT2D eigenvalue weighted by molar-refractivity contribution is 5.97. The molecule has 3 aromatic rings. The van der Waals surface area contributed by atoms with Crippen LogP contribution in [0.4, 0.5) is 0 Å². The minimum Gasteiger partial charge on any atom is -0.352 e. The predicted octanol–water partition coefficient (Wildman–Crippen LogP) is 2.98. The van der Waals surface area contributed by atoms with Gasteiger partial charge in [-0.2, -0.15) is 5.10 Å². The summed E-state index contributed by atoms with van der Waals surface area (Å²) in [6, 6.07) is 19.3. The first kappa shape index (κ1) is 19.5. The first-order valence-corrected chi connectivity index (χ1v) is 11.0. The van der Waals surface area contributed by atoms with Crippen molar-refractivity contribution in [3.8, 4) is 5.69 Å². The molecule has 0 saturated heterocycles. The molecule has 6 nitrogen and oxygen atoms in total. The second-order valence-electron chi connectivity index (χ2n) is 8.37. The zero-order chi connectivity index (χ0) is 21.2. The van der Waals surface area contributed by atoms with Crippen molar-refractivity contribution < 1.29 is 9.59 Å². The fourth-order valence-electron chi connectivity index (χ4n) is 4.22. The van der Waals surface area contributed by atoms with Gasteiger partial charge in [-0.1, -0.05) is 48.5 Å². The summed E-state index contributed by atoms with van der Waals surface area (Å²) in [5.74, 6) is -0.404. The van der Waals surface area contributed by atoms with Crippen molar-refractivity contribution in [3.05, 3.63) is 83.2 Å². The molecule has 2 aliphatic carbocycles. The van der Waals surface area contributed by atoms with Crippen LogP contribution in [0.1, 0.15) is 46.6 Å². The Morgan fingerprint density at radius 3 is 2.42 bits per heavy atom. The lowest BCUT2D eigenvalue weighted by molar-refractivity contribution is -0.123. The molecule has 0 spiro atoms. The first-order valence-electron chi connectivity index (χ1n) is 11.0. The molecule has 1 unspecified atom stereocenters. The van der Waals surface area contributed by atoms with Crippen LogP contribution in [-0.4, -0.2) is 33.7 Å². The molecule has 2 aromatic carbocycles. The van der Waals surface area contributed by atoms with E-state index in [-0.39, 0.29) is 17.9 Å². The molecule has 1 heterocycles. The van der Waals surface area contributed by atoms with E-state index in [4.69, 9.17) is 0 Å². The quantitative estimate of drug-likeness (QED) is 0.624. The summed E-state index contributed by atoms with van der Waals surface area (Å²) < 4.78 is 1.88. The summed E-state index contributed by atoms with van der Waals surface area (Å²) in [7, 11) is 0. The summed E-state index contributed by atoms with van der Waals surface area (Å²) in [6.07, 6.45) is 5.21. The van der Waals surface area contributed by atoms with E-state index < -0.39 is 6.04 Å². The average Bonchev–Trinajstić information content (AvgIpc) is 3.34. The van der Waals surface area contributed by atoms with Gasteiger partial charge in [-0.15, -0.1) is 0 Å². The van der Waals surface area contributed by atoms with Crippen molar-refractivity contribution in [1.82, 2.24) is 20.4 Å². The van der Waals surface area contributed by atoms with Crippen molar-refractivity contribution in [2.45, 2.75) is 50.6 Å². The molecule has 1 saturated carbocycles. The number of nitrogens with one attached hydrogen (secondary N) is 2. The summed E-state index contributed by atoms with van der Waals surface area (Å²) in [4.78, 5) is 26.2. The number of rotatable bonds is 7. The van der Waals surface area contributed by atoms with E-state index in [9.17, 15) is 9.59 Å². The number of benzene rings is 2. The maximum absolute atomic E-state index is 13.3. The van der Waals surface area contributed by atoms with Crippen molar-refractivity contribution in [2.75, 3.05) is 0 Å². The van der Waals surface area contributed by atoms with E-state index in [2.05, 4.69) is 15.7 Å². The van der Waals surface area contributed by atoms with Gasteiger partial charge in [-0.25, -0.2) is 4.68 Å². The Hall–Kier alpha value is -3.41. The molecule has 2 aliphatic rings. The fraction of sp³-hybridized carbons (Fsp3) is 0.320. The summed E-state index contributed by atoms with van der Waals surface area (Å²) >= 11 is 0. The normalized spacial score (nSPS) is 15.9. The van der Waals surface area contributed by atoms with E-state index in [1.165, 1.54) is 0 Å². The van der Waals surface area contributed by atoms with Crippen LogP contribution in [0, 0.1) is 0 Å². The largest absolute Gasteiger partial charge is 0.352 e. The number of amides is 2. The molecule has 2 N–H and O–H groups in total. The molecule has 2 amide bonds. The minimum atomic E-state index is -0.630. The minimum absolute atomic E-state index is 0.126.